The summed E-state index contributed by atoms with van der Waals surface area (Å²) in [6.07, 6.45) is 1.16. The van der Waals surface area contributed by atoms with E-state index in [1.807, 2.05) is 32.0 Å². The fourth-order valence-corrected chi connectivity index (χ4v) is 2.89. The number of nitrogens with one attached hydrogen (secondary N) is 2. The van der Waals surface area contributed by atoms with E-state index in [0.717, 1.165) is 0 Å². The zero-order valence-corrected chi connectivity index (χ0v) is 12.9. The lowest BCUT2D eigenvalue weighted by Gasteiger charge is -2.44. The van der Waals surface area contributed by atoms with Crippen LogP contribution >= 0.6 is 0 Å². The lowest BCUT2D eigenvalue weighted by atomic mass is 9.97. The molecular weight excluding hydrogens is 282 g/mol. The molecule has 1 spiro atoms. The van der Waals surface area contributed by atoms with Crippen LogP contribution in [-0.4, -0.2) is 41.7 Å². The first-order valence-corrected chi connectivity index (χ1v) is 7.65. The summed E-state index contributed by atoms with van der Waals surface area (Å²) < 4.78 is 6.05. The van der Waals surface area contributed by atoms with Gasteiger partial charge in [0.15, 0.2) is 5.72 Å². The average molecular weight is 303 g/mol. The molecule has 0 aromatic heterocycles. The largest absolute Gasteiger partial charge is 0.467 e. The third-order valence-electron chi connectivity index (χ3n) is 4.05. The number of likely N-dealkylation sites (tertiary alicyclic amines) is 1. The highest BCUT2D eigenvalue weighted by atomic mass is 16.5. The molecule has 0 aliphatic carbocycles. The van der Waals surface area contributed by atoms with Crippen molar-refractivity contribution in [1.82, 2.24) is 15.5 Å². The zero-order chi connectivity index (χ0) is 15.7. The van der Waals surface area contributed by atoms with Crippen molar-refractivity contribution in [3.8, 4) is 5.75 Å². The monoisotopic (exact) mass is 303 g/mol. The topological polar surface area (TPSA) is 70.7 Å². The van der Waals surface area contributed by atoms with Gasteiger partial charge in [-0.3, -0.25) is 4.79 Å². The molecule has 1 saturated heterocycles. The van der Waals surface area contributed by atoms with Gasteiger partial charge in [0.05, 0.1) is 5.56 Å². The van der Waals surface area contributed by atoms with Gasteiger partial charge >= 0.3 is 6.03 Å². The van der Waals surface area contributed by atoms with Crippen LogP contribution in [0.5, 0.6) is 5.75 Å². The van der Waals surface area contributed by atoms with Crippen LogP contribution in [0.1, 0.15) is 37.0 Å². The number of hydrogen-bond acceptors (Lipinski definition) is 3. The number of piperidine rings is 1. The number of hydrogen-bond donors (Lipinski definition) is 2. The molecule has 1 aromatic rings. The number of rotatable bonds is 1. The van der Waals surface area contributed by atoms with Crippen LogP contribution in [-0.2, 0) is 0 Å². The smallest absolute Gasteiger partial charge is 0.317 e. The first-order chi connectivity index (χ1) is 10.5. The van der Waals surface area contributed by atoms with Crippen LogP contribution in [0.25, 0.3) is 0 Å². The van der Waals surface area contributed by atoms with Gasteiger partial charge in [0.2, 0.25) is 0 Å². The quantitative estimate of drug-likeness (QED) is 0.830. The van der Waals surface area contributed by atoms with Crippen molar-refractivity contribution in [2.75, 3.05) is 13.1 Å². The molecule has 6 heteroatoms. The van der Waals surface area contributed by atoms with E-state index in [2.05, 4.69) is 10.6 Å². The van der Waals surface area contributed by atoms with Gasteiger partial charge in [0.1, 0.15) is 5.75 Å². The molecule has 1 aromatic carbocycles. The summed E-state index contributed by atoms with van der Waals surface area (Å²) in [5, 5.41) is 5.86. The Kier molecular flexibility index (Phi) is 3.68. The van der Waals surface area contributed by atoms with E-state index in [0.29, 0.717) is 37.2 Å². The predicted octanol–water partition coefficient (Wildman–Crippen LogP) is 1.72. The molecule has 118 valence electrons. The minimum Gasteiger partial charge on any atom is -0.467 e. The van der Waals surface area contributed by atoms with E-state index >= 15 is 0 Å². The molecule has 0 saturated carbocycles. The molecule has 0 bridgehead atoms. The Hall–Kier alpha value is -2.24. The van der Waals surface area contributed by atoms with Crippen LogP contribution in [0.3, 0.4) is 0 Å². The molecule has 2 heterocycles. The van der Waals surface area contributed by atoms with Gasteiger partial charge in [0, 0.05) is 32.0 Å². The number of nitrogens with zero attached hydrogens (tertiary/aromatic N) is 1. The summed E-state index contributed by atoms with van der Waals surface area (Å²) in [6.45, 7) is 4.98. The maximum Gasteiger partial charge on any atom is 0.317 e. The second-order valence-corrected chi connectivity index (χ2v) is 6.14. The molecule has 22 heavy (non-hydrogen) atoms. The fraction of sp³-hybridized carbons (Fsp3) is 0.500. The molecular formula is C16H21N3O3. The first-order valence-electron chi connectivity index (χ1n) is 7.65. The SMILES string of the molecule is CC(C)NC(=O)N1CCC2(CC1)NC(=O)c1ccccc1O2. The molecule has 6 nitrogen and oxygen atoms in total. The van der Waals surface area contributed by atoms with E-state index in [9.17, 15) is 9.59 Å². The van der Waals surface area contributed by atoms with Crippen molar-refractivity contribution in [3.63, 3.8) is 0 Å². The average Bonchev–Trinajstić information content (AvgIpc) is 2.47. The van der Waals surface area contributed by atoms with Crippen molar-refractivity contribution in [3.05, 3.63) is 29.8 Å². The molecule has 0 radical (unpaired) electrons. The third-order valence-corrected chi connectivity index (χ3v) is 4.05. The summed E-state index contributed by atoms with van der Waals surface area (Å²) in [5.41, 5.74) is -0.131. The van der Waals surface area contributed by atoms with Gasteiger partial charge in [-0.1, -0.05) is 12.1 Å². The Bertz CT molecular complexity index is 592. The molecule has 2 aliphatic rings. The second kappa shape index (κ2) is 5.51. The van der Waals surface area contributed by atoms with Gasteiger partial charge in [-0.25, -0.2) is 4.79 Å². The van der Waals surface area contributed by atoms with Crippen molar-refractivity contribution >= 4 is 11.9 Å². The standard InChI is InChI=1S/C16H21N3O3/c1-11(2)17-15(21)19-9-7-16(8-10-19)18-14(20)12-5-3-4-6-13(12)22-16/h3-6,11H,7-10H2,1-2H3,(H,17,21)(H,18,20). The third kappa shape index (κ3) is 2.73. The van der Waals surface area contributed by atoms with Crippen LogP contribution in [0.15, 0.2) is 24.3 Å². The maximum atomic E-state index is 12.2. The Morgan fingerprint density at radius 3 is 2.68 bits per heavy atom. The van der Waals surface area contributed by atoms with Gasteiger partial charge in [-0.2, -0.15) is 0 Å². The molecule has 0 atom stereocenters. The lowest BCUT2D eigenvalue weighted by Crippen LogP contribution is -2.62. The summed E-state index contributed by atoms with van der Waals surface area (Å²) in [5.74, 6) is 0.508. The van der Waals surface area contributed by atoms with E-state index in [-0.39, 0.29) is 18.0 Å². The molecule has 2 aliphatic heterocycles. The number of ether oxygens (including phenoxy) is 1. The Balaban J connectivity index is 1.69. The van der Waals surface area contributed by atoms with E-state index in [4.69, 9.17) is 4.74 Å². The highest BCUT2D eigenvalue weighted by Gasteiger charge is 2.43. The fourth-order valence-electron chi connectivity index (χ4n) is 2.89. The van der Waals surface area contributed by atoms with Gasteiger partial charge in [-0.05, 0) is 26.0 Å². The summed E-state index contributed by atoms with van der Waals surface area (Å²) in [7, 11) is 0. The maximum absolute atomic E-state index is 12.2. The molecule has 3 amide bonds. The van der Waals surface area contributed by atoms with Crippen molar-refractivity contribution < 1.29 is 14.3 Å². The molecule has 2 N–H and O–H groups in total. The normalized spacial score (nSPS) is 19.4. The molecule has 0 unspecified atom stereocenters. The minimum absolute atomic E-state index is 0.0626. The predicted molar refractivity (Wildman–Crippen MR) is 81.7 cm³/mol. The number of carbonyl (C=O) groups is 2. The van der Waals surface area contributed by atoms with Gasteiger partial charge in [-0.15, -0.1) is 0 Å². The summed E-state index contributed by atoms with van der Waals surface area (Å²) in [6, 6.07) is 7.29. The van der Waals surface area contributed by atoms with Crippen LogP contribution < -0.4 is 15.4 Å². The van der Waals surface area contributed by atoms with Crippen LogP contribution in [0, 0.1) is 0 Å². The van der Waals surface area contributed by atoms with Crippen molar-refractivity contribution in [1.29, 1.82) is 0 Å². The van der Waals surface area contributed by atoms with Gasteiger partial charge in [0.25, 0.3) is 5.91 Å². The van der Waals surface area contributed by atoms with Crippen molar-refractivity contribution in [2.24, 2.45) is 0 Å². The van der Waals surface area contributed by atoms with Crippen LogP contribution in [0.2, 0.25) is 0 Å². The number of fused-ring (bicyclic) bond motifs is 1. The van der Waals surface area contributed by atoms with E-state index < -0.39 is 5.72 Å². The minimum atomic E-state index is -0.694. The lowest BCUT2D eigenvalue weighted by molar-refractivity contribution is -0.0213. The van der Waals surface area contributed by atoms with E-state index in [1.54, 1.807) is 11.0 Å². The molecule has 3 rings (SSSR count). The van der Waals surface area contributed by atoms with Crippen LogP contribution in [0.4, 0.5) is 4.79 Å². The highest BCUT2D eigenvalue weighted by Crippen LogP contribution is 2.33. The number of carbonyl (C=O) groups excluding carboxylic acids is 2. The van der Waals surface area contributed by atoms with E-state index in [1.165, 1.54) is 0 Å². The molecule has 1 fully saturated rings. The number of amides is 3. The Labute approximate surface area is 129 Å². The summed E-state index contributed by atoms with van der Waals surface area (Å²) >= 11 is 0. The van der Waals surface area contributed by atoms with Crippen molar-refractivity contribution in [2.45, 2.75) is 38.5 Å². The Morgan fingerprint density at radius 2 is 2.00 bits per heavy atom. The zero-order valence-electron chi connectivity index (χ0n) is 12.9. The summed E-state index contributed by atoms with van der Waals surface area (Å²) in [4.78, 5) is 26.0. The number of urea groups is 1. The first kappa shape index (κ1) is 14.7. The Morgan fingerprint density at radius 1 is 1.32 bits per heavy atom. The highest BCUT2D eigenvalue weighted by molar-refractivity contribution is 5.98. The second-order valence-electron chi connectivity index (χ2n) is 6.14. The number of para-hydroxylation sites is 1. The van der Waals surface area contributed by atoms with Gasteiger partial charge < -0.3 is 20.3 Å². The number of benzene rings is 1.